The molecule has 17 heavy (non-hydrogen) atoms. The lowest BCUT2D eigenvalue weighted by Crippen LogP contribution is -2.32. The van der Waals surface area contributed by atoms with Crippen molar-refractivity contribution in [3.8, 4) is 0 Å². The Morgan fingerprint density at radius 1 is 1.65 bits per heavy atom. The lowest BCUT2D eigenvalue weighted by molar-refractivity contribution is 0.0954. The van der Waals surface area contributed by atoms with E-state index in [2.05, 4.69) is 22.9 Å². The molecular weight excluding hydrogens is 258 g/mol. The molecule has 0 unspecified atom stereocenters. The Morgan fingerprint density at radius 2 is 2.41 bits per heavy atom. The quantitative estimate of drug-likeness (QED) is 0.807. The van der Waals surface area contributed by atoms with Gasteiger partial charge < -0.3 is 5.32 Å². The Bertz CT molecular complexity index is 618. The van der Waals surface area contributed by atoms with Crippen LogP contribution < -0.4 is 10.9 Å². The average Bonchev–Trinajstić information content (AvgIpc) is 2.69. The number of thiol groups is 1. The summed E-state index contributed by atoms with van der Waals surface area (Å²) in [7, 11) is 0. The molecule has 0 aromatic carbocycles. The average molecular weight is 269 g/mol. The topological polar surface area (TPSA) is 63.5 Å². The fourth-order valence-electron chi connectivity index (χ4n) is 1.45. The van der Waals surface area contributed by atoms with Crippen LogP contribution in [0.3, 0.4) is 0 Å². The summed E-state index contributed by atoms with van der Waals surface area (Å²) in [4.78, 5) is 28.5. The summed E-state index contributed by atoms with van der Waals surface area (Å²) in [6.45, 7) is 2.23. The standard InChI is InChI=1S/C10H11N3O2S2/c1-6-5-17-10-12-4-7(9(15)13(6)10)8(14)11-2-3-16/h4-5,16H,2-3H2,1H3,(H,11,14). The van der Waals surface area contributed by atoms with Crippen molar-refractivity contribution >= 4 is 34.8 Å². The number of nitrogens with zero attached hydrogens (tertiary/aromatic N) is 2. The minimum absolute atomic E-state index is 0.0609. The third-order valence-corrected chi connectivity index (χ3v) is 3.44. The van der Waals surface area contributed by atoms with Crippen molar-refractivity contribution in [1.82, 2.24) is 14.7 Å². The van der Waals surface area contributed by atoms with Crippen LogP contribution in [0.15, 0.2) is 16.4 Å². The van der Waals surface area contributed by atoms with Crippen molar-refractivity contribution in [2.24, 2.45) is 0 Å². The zero-order chi connectivity index (χ0) is 12.4. The maximum absolute atomic E-state index is 12.1. The van der Waals surface area contributed by atoms with Crippen molar-refractivity contribution in [3.63, 3.8) is 0 Å². The van der Waals surface area contributed by atoms with Crippen LogP contribution in [-0.4, -0.2) is 27.6 Å². The van der Waals surface area contributed by atoms with Gasteiger partial charge in [0.25, 0.3) is 11.5 Å². The molecule has 7 heteroatoms. The van der Waals surface area contributed by atoms with Gasteiger partial charge in [-0.1, -0.05) is 0 Å². The monoisotopic (exact) mass is 269 g/mol. The van der Waals surface area contributed by atoms with Crippen molar-refractivity contribution in [3.05, 3.63) is 33.2 Å². The van der Waals surface area contributed by atoms with E-state index in [1.54, 1.807) is 0 Å². The molecule has 2 rings (SSSR count). The number of nitrogens with one attached hydrogen (secondary N) is 1. The Labute approximate surface area is 107 Å². The lowest BCUT2D eigenvalue weighted by atomic mass is 10.3. The summed E-state index contributed by atoms with van der Waals surface area (Å²) in [6.07, 6.45) is 1.32. The van der Waals surface area contributed by atoms with E-state index in [1.165, 1.54) is 21.9 Å². The predicted octanol–water partition coefficient (Wildman–Crippen LogP) is 0.724. The number of aryl methyl sites for hydroxylation is 1. The second kappa shape index (κ2) is 4.89. The largest absolute Gasteiger partial charge is 0.351 e. The fraction of sp³-hybridized carbons (Fsp3) is 0.300. The summed E-state index contributed by atoms with van der Waals surface area (Å²) in [5.41, 5.74) is 0.516. The molecule has 0 saturated carbocycles. The number of hydrogen-bond acceptors (Lipinski definition) is 5. The number of carbonyl (C=O) groups is 1. The summed E-state index contributed by atoms with van der Waals surface area (Å²) < 4.78 is 1.44. The Morgan fingerprint density at radius 3 is 3.12 bits per heavy atom. The molecule has 2 aromatic rings. The Balaban J connectivity index is 2.49. The van der Waals surface area contributed by atoms with Crippen molar-refractivity contribution in [2.75, 3.05) is 12.3 Å². The number of rotatable bonds is 3. The smallest absolute Gasteiger partial charge is 0.271 e. The van der Waals surface area contributed by atoms with Crippen LogP contribution in [0.25, 0.3) is 4.96 Å². The van der Waals surface area contributed by atoms with Gasteiger partial charge in [0.2, 0.25) is 0 Å². The van der Waals surface area contributed by atoms with Crippen LogP contribution in [0.5, 0.6) is 0 Å². The van der Waals surface area contributed by atoms with Crippen LogP contribution in [0.4, 0.5) is 0 Å². The van der Waals surface area contributed by atoms with E-state index in [0.717, 1.165) is 5.69 Å². The van der Waals surface area contributed by atoms with Crippen LogP contribution in [0.2, 0.25) is 0 Å². The third kappa shape index (κ3) is 2.20. The third-order valence-electron chi connectivity index (χ3n) is 2.26. The van der Waals surface area contributed by atoms with E-state index in [9.17, 15) is 9.59 Å². The van der Waals surface area contributed by atoms with Crippen LogP contribution in [0.1, 0.15) is 16.1 Å². The molecule has 90 valence electrons. The van der Waals surface area contributed by atoms with E-state index in [-0.39, 0.29) is 11.1 Å². The molecular formula is C10H11N3O2S2. The van der Waals surface area contributed by atoms with Gasteiger partial charge in [-0.2, -0.15) is 12.6 Å². The minimum Gasteiger partial charge on any atom is -0.351 e. The van der Waals surface area contributed by atoms with Crippen LogP contribution >= 0.6 is 24.0 Å². The zero-order valence-corrected chi connectivity index (χ0v) is 10.8. The molecule has 0 saturated heterocycles. The van der Waals surface area contributed by atoms with Gasteiger partial charge in [-0.05, 0) is 6.92 Å². The summed E-state index contributed by atoms with van der Waals surface area (Å²) >= 11 is 5.36. The lowest BCUT2D eigenvalue weighted by Gasteiger charge is -2.03. The molecule has 0 aliphatic heterocycles. The Kier molecular flexibility index (Phi) is 3.49. The molecule has 2 heterocycles. The highest BCUT2D eigenvalue weighted by atomic mass is 32.1. The van der Waals surface area contributed by atoms with E-state index in [0.29, 0.717) is 17.3 Å². The summed E-state index contributed by atoms with van der Waals surface area (Å²) in [6, 6.07) is 0. The molecule has 0 fully saturated rings. The van der Waals surface area contributed by atoms with Crippen molar-refractivity contribution < 1.29 is 4.79 Å². The van der Waals surface area contributed by atoms with Crippen LogP contribution in [0, 0.1) is 6.92 Å². The Hall–Kier alpha value is -1.34. The number of hydrogen-bond donors (Lipinski definition) is 2. The first-order valence-electron chi connectivity index (χ1n) is 5.00. The number of fused-ring (bicyclic) bond motifs is 1. The highest BCUT2D eigenvalue weighted by Gasteiger charge is 2.14. The first-order chi connectivity index (χ1) is 8.15. The highest BCUT2D eigenvalue weighted by molar-refractivity contribution is 7.80. The fourth-order valence-corrected chi connectivity index (χ4v) is 2.38. The number of thiazole rings is 1. The number of amides is 1. The van der Waals surface area contributed by atoms with Gasteiger partial charge in [0.05, 0.1) is 0 Å². The molecule has 1 N–H and O–H groups in total. The molecule has 0 aliphatic carbocycles. The minimum atomic E-state index is -0.406. The second-order valence-corrected chi connectivity index (χ2v) is 4.74. The molecule has 0 bridgehead atoms. The first-order valence-corrected chi connectivity index (χ1v) is 6.51. The zero-order valence-electron chi connectivity index (χ0n) is 9.14. The predicted molar refractivity (Wildman–Crippen MR) is 70.3 cm³/mol. The molecule has 2 aromatic heterocycles. The maximum Gasteiger partial charge on any atom is 0.271 e. The summed E-state index contributed by atoms with van der Waals surface area (Å²) in [5.74, 6) is 0.122. The molecule has 1 amide bonds. The molecule has 0 radical (unpaired) electrons. The van der Waals surface area contributed by atoms with E-state index in [4.69, 9.17) is 0 Å². The molecule has 0 atom stereocenters. The van der Waals surface area contributed by atoms with E-state index < -0.39 is 5.91 Å². The van der Waals surface area contributed by atoms with Crippen LogP contribution in [-0.2, 0) is 0 Å². The SMILES string of the molecule is Cc1csc2ncc(C(=O)NCCS)c(=O)n12. The van der Waals surface area contributed by atoms with Gasteiger partial charge >= 0.3 is 0 Å². The summed E-state index contributed by atoms with van der Waals surface area (Å²) in [5, 5.41) is 4.43. The normalized spacial score (nSPS) is 10.7. The number of carbonyl (C=O) groups excluding carboxylic acids is 1. The van der Waals surface area contributed by atoms with E-state index >= 15 is 0 Å². The van der Waals surface area contributed by atoms with Crippen molar-refractivity contribution in [2.45, 2.75) is 6.92 Å². The van der Waals surface area contributed by atoms with Crippen molar-refractivity contribution in [1.29, 1.82) is 0 Å². The van der Waals surface area contributed by atoms with Gasteiger partial charge in [0.1, 0.15) is 5.56 Å². The molecule has 0 spiro atoms. The number of aromatic nitrogens is 2. The highest BCUT2D eigenvalue weighted by Crippen LogP contribution is 2.10. The molecule has 0 aliphatic rings. The van der Waals surface area contributed by atoms with E-state index in [1.807, 2.05) is 12.3 Å². The molecule has 5 nitrogen and oxygen atoms in total. The maximum atomic E-state index is 12.1. The first kappa shape index (κ1) is 12.1. The van der Waals surface area contributed by atoms with Gasteiger partial charge in [0.15, 0.2) is 4.96 Å². The van der Waals surface area contributed by atoms with Gasteiger partial charge in [-0.25, -0.2) is 4.98 Å². The van der Waals surface area contributed by atoms with Gasteiger partial charge in [-0.3, -0.25) is 14.0 Å². The van der Waals surface area contributed by atoms with Gasteiger partial charge in [-0.15, -0.1) is 11.3 Å². The van der Waals surface area contributed by atoms with Gasteiger partial charge in [0, 0.05) is 29.6 Å². The second-order valence-electron chi connectivity index (χ2n) is 3.45.